The Morgan fingerprint density at radius 3 is 2.95 bits per heavy atom. The van der Waals surface area contributed by atoms with Crippen LogP contribution in [0.3, 0.4) is 0 Å². The quantitative estimate of drug-likeness (QED) is 0.590. The van der Waals surface area contributed by atoms with Crippen LogP contribution in [0.25, 0.3) is 16.2 Å². The van der Waals surface area contributed by atoms with E-state index in [2.05, 4.69) is 5.32 Å². The van der Waals surface area contributed by atoms with Crippen molar-refractivity contribution in [1.29, 1.82) is 5.26 Å². The Kier molecular flexibility index (Phi) is 4.03. The average Bonchev–Trinajstić information content (AvgIpc) is 3.20. The molecule has 0 aliphatic rings. The van der Waals surface area contributed by atoms with Gasteiger partial charge in [-0.2, -0.15) is 5.26 Å². The molecule has 0 bridgehead atoms. The molecule has 0 aliphatic heterocycles. The molecule has 0 unspecified atom stereocenters. The summed E-state index contributed by atoms with van der Waals surface area (Å²) < 4.78 is 6.27. The lowest BCUT2D eigenvalue weighted by Gasteiger charge is -2.01. The first-order valence-corrected chi connectivity index (χ1v) is 7.54. The molecule has 1 aromatic carbocycles. The first-order chi connectivity index (χ1) is 10.8. The van der Waals surface area contributed by atoms with Crippen LogP contribution < -0.4 is 5.32 Å². The zero-order valence-electron chi connectivity index (χ0n) is 11.6. The van der Waals surface area contributed by atoms with Crippen molar-refractivity contribution in [1.82, 2.24) is 5.32 Å². The summed E-state index contributed by atoms with van der Waals surface area (Å²) in [5.74, 6) is 0.237. The third-order valence-corrected chi connectivity index (χ3v) is 4.16. The summed E-state index contributed by atoms with van der Waals surface area (Å²) in [4.78, 5) is 12.1. The van der Waals surface area contributed by atoms with Gasteiger partial charge in [-0.15, -0.1) is 11.3 Å². The van der Waals surface area contributed by atoms with Crippen LogP contribution in [-0.2, 0) is 11.3 Å². The number of fused-ring (bicyclic) bond motifs is 1. The van der Waals surface area contributed by atoms with Gasteiger partial charge < -0.3 is 9.73 Å². The standard InChI is InChI=1S/C17H12N2O2S/c18-9-12(17(20)19-10-14-4-3-7-21-14)8-13-11-22-16-6-2-1-5-15(13)16/h1-8,11H,10H2,(H,19,20). The predicted octanol–water partition coefficient (Wildman–Crippen LogP) is 3.72. The van der Waals surface area contributed by atoms with E-state index in [9.17, 15) is 10.1 Å². The third-order valence-electron chi connectivity index (χ3n) is 3.18. The highest BCUT2D eigenvalue weighted by atomic mass is 32.1. The van der Waals surface area contributed by atoms with Crippen molar-refractivity contribution in [3.63, 3.8) is 0 Å². The molecule has 3 aromatic rings. The van der Waals surface area contributed by atoms with Gasteiger partial charge >= 0.3 is 0 Å². The molecule has 22 heavy (non-hydrogen) atoms. The van der Waals surface area contributed by atoms with Crippen LogP contribution in [0.1, 0.15) is 11.3 Å². The average molecular weight is 308 g/mol. The molecule has 4 nitrogen and oxygen atoms in total. The number of carbonyl (C=O) groups is 1. The molecule has 0 saturated heterocycles. The van der Waals surface area contributed by atoms with Crippen LogP contribution in [0.5, 0.6) is 0 Å². The number of thiophene rings is 1. The molecule has 1 amide bonds. The normalized spacial score (nSPS) is 11.3. The largest absolute Gasteiger partial charge is 0.467 e. The van der Waals surface area contributed by atoms with Gasteiger partial charge in [0.15, 0.2) is 0 Å². The molecule has 2 heterocycles. The lowest BCUT2D eigenvalue weighted by molar-refractivity contribution is -0.117. The maximum Gasteiger partial charge on any atom is 0.262 e. The Bertz CT molecular complexity index is 870. The monoisotopic (exact) mass is 308 g/mol. The van der Waals surface area contributed by atoms with E-state index in [1.807, 2.05) is 35.7 Å². The number of nitrogens with one attached hydrogen (secondary N) is 1. The number of hydrogen-bond donors (Lipinski definition) is 1. The Labute approximate surface area is 131 Å². The van der Waals surface area contributed by atoms with Crippen molar-refractivity contribution in [2.45, 2.75) is 6.54 Å². The van der Waals surface area contributed by atoms with Gasteiger partial charge in [0.1, 0.15) is 17.4 Å². The number of rotatable bonds is 4. The summed E-state index contributed by atoms with van der Waals surface area (Å²) in [7, 11) is 0. The maximum absolute atomic E-state index is 12.1. The zero-order chi connectivity index (χ0) is 15.4. The number of hydrogen-bond acceptors (Lipinski definition) is 4. The van der Waals surface area contributed by atoms with Gasteiger partial charge in [0.25, 0.3) is 5.91 Å². The minimum atomic E-state index is -0.408. The molecule has 2 aromatic heterocycles. The molecule has 0 spiro atoms. The highest BCUT2D eigenvalue weighted by molar-refractivity contribution is 7.17. The molecule has 3 rings (SSSR count). The van der Waals surface area contributed by atoms with E-state index in [4.69, 9.17) is 4.42 Å². The summed E-state index contributed by atoms with van der Waals surface area (Å²) >= 11 is 1.59. The summed E-state index contributed by atoms with van der Waals surface area (Å²) in [6.45, 7) is 0.259. The fraction of sp³-hybridized carbons (Fsp3) is 0.0588. The van der Waals surface area contributed by atoms with E-state index in [0.29, 0.717) is 5.76 Å². The number of carbonyl (C=O) groups excluding carboxylic acids is 1. The number of nitriles is 1. The first-order valence-electron chi connectivity index (χ1n) is 6.66. The molecule has 0 saturated carbocycles. The van der Waals surface area contributed by atoms with Gasteiger partial charge in [-0.1, -0.05) is 18.2 Å². The summed E-state index contributed by atoms with van der Waals surface area (Å²) in [5.41, 5.74) is 0.959. The van der Waals surface area contributed by atoms with E-state index >= 15 is 0 Å². The molecule has 0 fully saturated rings. The van der Waals surface area contributed by atoms with Crippen LogP contribution in [-0.4, -0.2) is 5.91 Å². The smallest absolute Gasteiger partial charge is 0.262 e. The van der Waals surface area contributed by atoms with Crippen molar-refractivity contribution in [2.24, 2.45) is 0 Å². The number of furan rings is 1. The molecule has 1 N–H and O–H groups in total. The fourth-order valence-electron chi connectivity index (χ4n) is 2.09. The molecule has 108 valence electrons. The van der Waals surface area contributed by atoms with Gasteiger partial charge in [-0.25, -0.2) is 0 Å². The molecule has 0 aliphatic carbocycles. The Balaban J connectivity index is 1.81. The summed E-state index contributed by atoms with van der Waals surface area (Å²) in [5, 5.41) is 14.9. The van der Waals surface area contributed by atoms with Gasteiger partial charge in [0.2, 0.25) is 0 Å². The van der Waals surface area contributed by atoms with Crippen molar-refractivity contribution >= 4 is 33.4 Å². The SMILES string of the molecule is N#CC(=Cc1csc2ccccc12)C(=O)NCc1ccco1. The van der Waals surface area contributed by atoms with Crippen LogP contribution in [0, 0.1) is 11.3 Å². The van der Waals surface area contributed by atoms with Gasteiger partial charge in [-0.3, -0.25) is 4.79 Å². The van der Waals surface area contributed by atoms with E-state index in [-0.39, 0.29) is 12.1 Å². The van der Waals surface area contributed by atoms with Gasteiger partial charge in [-0.05, 0) is 40.6 Å². The van der Waals surface area contributed by atoms with Crippen LogP contribution in [0.2, 0.25) is 0 Å². The Morgan fingerprint density at radius 2 is 2.18 bits per heavy atom. The minimum absolute atomic E-state index is 0.0788. The predicted molar refractivity (Wildman–Crippen MR) is 86.0 cm³/mol. The van der Waals surface area contributed by atoms with Crippen LogP contribution in [0.15, 0.2) is 58.0 Å². The second-order valence-electron chi connectivity index (χ2n) is 4.62. The second kappa shape index (κ2) is 6.29. The first kappa shape index (κ1) is 14.1. The molecular formula is C17H12N2O2S. The Morgan fingerprint density at radius 1 is 1.32 bits per heavy atom. The van der Waals surface area contributed by atoms with Crippen molar-refractivity contribution in [3.8, 4) is 6.07 Å². The highest BCUT2D eigenvalue weighted by Gasteiger charge is 2.11. The van der Waals surface area contributed by atoms with Crippen molar-refractivity contribution in [3.05, 3.63) is 64.9 Å². The number of nitrogens with zero attached hydrogens (tertiary/aromatic N) is 1. The lowest BCUT2D eigenvalue weighted by atomic mass is 10.1. The van der Waals surface area contributed by atoms with Crippen LogP contribution >= 0.6 is 11.3 Å². The summed E-state index contributed by atoms with van der Waals surface area (Å²) in [6.07, 6.45) is 3.16. The van der Waals surface area contributed by atoms with Crippen molar-refractivity contribution in [2.75, 3.05) is 0 Å². The number of amides is 1. The highest BCUT2D eigenvalue weighted by Crippen LogP contribution is 2.27. The summed E-state index contributed by atoms with van der Waals surface area (Å²) in [6, 6.07) is 13.4. The van der Waals surface area contributed by atoms with Crippen LogP contribution in [0.4, 0.5) is 0 Å². The minimum Gasteiger partial charge on any atom is -0.467 e. The van der Waals surface area contributed by atoms with Crippen molar-refractivity contribution < 1.29 is 9.21 Å². The molecule has 5 heteroatoms. The number of benzene rings is 1. The third kappa shape index (κ3) is 2.92. The second-order valence-corrected chi connectivity index (χ2v) is 5.53. The zero-order valence-corrected chi connectivity index (χ0v) is 12.4. The van der Waals surface area contributed by atoms with E-state index in [1.165, 1.54) is 0 Å². The lowest BCUT2D eigenvalue weighted by Crippen LogP contribution is -2.23. The Hall–Kier alpha value is -2.84. The van der Waals surface area contributed by atoms with Gasteiger partial charge in [0.05, 0.1) is 12.8 Å². The van der Waals surface area contributed by atoms with E-state index < -0.39 is 5.91 Å². The molecule has 0 radical (unpaired) electrons. The molecule has 0 atom stereocenters. The molecular weight excluding hydrogens is 296 g/mol. The van der Waals surface area contributed by atoms with E-state index in [0.717, 1.165) is 15.6 Å². The maximum atomic E-state index is 12.1. The fourth-order valence-corrected chi connectivity index (χ4v) is 3.01. The topological polar surface area (TPSA) is 66.0 Å². The van der Waals surface area contributed by atoms with E-state index in [1.54, 1.807) is 35.8 Å². The van der Waals surface area contributed by atoms with Gasteiger partial charge in [0, 0.05) is 4.70 Å².